The topological polar surface area (TPSA) is 112 Å². The van der Waals surface area contributed by atoms with Gasteiger partial charge in [-0.3, -0.25) is 19.5 Å². The molecule has 0 fully saturated rings. The first-order chi connectivity index (χ1) is 19.8. The average Bonchev–Trinajstić information content (AvgIpc) is 3.47. The molecule has 8 nitrogen and oxygen atoms in total. The van der Waals surface area contributed by atoms with Crippen LogP contribution in [0.4, 0.5) is 5.69 Å². The molecule has 3 heterocycles. The predicted molar refractivity (Wildman–Crippen MR) is 158 cm³/mol. The molecule has 11 heteroatoms. The van der Waals surface area contributed by atoms with Crippen LogP contribution in [0.5, 0.6) is 0 Å². The lowest BCUT2D eigenvalue weighted by Gasteiger charge is -2.43. The van der Waals surface area contributed by atoms with Crippen LogP contribution in [0.15, 0.2) is 82.9 Å². The van der Waals surface area contributed by atoms with E-state index in [-0.39, 0.29) is 36.6 Å². The van der Waals surface area contributed by atoms with Crippen LogP contribution in [0.1, 0.15) is 42.5 Å². The first-order valence-electron chi connectivity index (χ1n) is 13.1. The van der Waals surface area contributed by atoms with Gasteiger partial charge in [0.25, 0.3) is 0 Å². The fourth-order valence-electron chi connectivity index (χ4n) is 5.55. The largest absolute Gasteiger partial charge is 0.465 e. The zero-order valence-corrected chi connectivity index (χ0v) is 24.6. The molecule has 212 valence electrons. The number of anilines is 1. The number of hydrogen-bond donors (Lipinski definition) is 1. The summed E-state index contributed by atoms with van der Waals surface area (Å²) in [5.74, 6) is -4.28. The van der Waals surface area contributed by atoms with Gasteiger partial charge in [-0.1, -0.05) is 35.3 Å². The van der Waals surface area contributed by atoms with Crippen LogP contribution in [0.25, 0.3) is 0 Å². The van der Waals surface area contributed by atoms with Crippen molar-refractivity contribution in [3.63, 3.8) is 0 Å². The molecule has 0 saturated heterocycles. The number of carbonyl (C=O) groups excluding carboxylic acids is 3. The number of allylic oxidation sites excluding steroid dienone is 2. The third-order valence-electron chi connectivity index (χ3n) is 7.11. The summed E-state index contributed by atoms with van der Waals surface area (Å²) in [7, 11) is 0. The average molecular weight is 613 g/mol. The molecule has 0 bridgehead atoms. The number of ether oxygens (including phenoxy) is 2. The highest BCUT2D eigenvalue weighted by atomic mass is 35.5. The van der Waals surface area contributed by atoms with E-state index in [1.807, 2.05) is 17.5 Å². The highest BCUT2D eigenvalue weighted by Crippen LogP contribution is 2.52. The molecule has 41 heavy (non-hydrogen) atoms. The van der Waals surface area contributed by atoms with E-state index in [9.17, 15) is 14.4 Å². The van der Waals surface area contributed by atoms with Gasteiger partial charge >= 0.3 is 11.9 Å². The maximum Gasteiger partial charge on any atom is 0.338 e. The zero-order chi connectivity index (χ0) is 29.3. The van der Waals surface area contributed by atoms with E-state index in [2.05, 4.69) is 4.98 Å². The Morgan fingerprint density at radius 3 is 2.44 bits per heavy atom. The molecular formula is C30H27Cl2N3O5S. The van der Waals surface area contributed by atoms with Crippen molar-refractivity contribution in [1.82, 2.24) is 4.98 Å². The van der Waals surface area contributed by atoms with Crippen molar-refractivity contribution in [2.45, 2.75) is 32.1 Å². The van der Waals surface area contributed by atoms with Crippen molar-refractivity contribution in [3.8, 4) is 0 Å². The Kier molecular flexibility index (Phi) is 8.49. The van der Waals surface area contributed by atoms with Crippen molar-refractivity contribution in [2.24, 2.45) is 11.7 Å². The van der Waals surface area contributed by atoms with Crippen molar-refractivity contribution in [2.75, 3.05) is 18.1 Å². The van der Waals surface area contributed by atoms with Crippen molar-refractivity contribution in [1.29, 1.82) is 0 Å². The lowest BCUT2D eigenvalue weighted by atomic mass is 9.68. The van der Waals surface area contributed by atoms with Gasteiger partial charge < -0.3 is 15.2 Å². The van der Waals surface area contributed by atoms with E-state index in [4.69, 9.17) is 38.4 Å². The van der Waals surface area contributed by atoms with Crippen molar-refractivity contribution < 1.29 is 23.9 Å². The van der Waals surface area contributed by atoms with Gasteiger partial charge in [-0.2, -0.15) is 0 Å². The number of aromatic nitrogens is 1. The standard InChI is InChI=1S/C30H27Cl2N3O5S/c1-3-39-29(37)24-20(22-8-6-10-41-22)14-21-25(27(24)36)23(16-7-5-9-34-15-16)26(30(38)40-4-2)28(33)35(21)19-12-17(31)11-18(32)13-19/h5-13,15,20,23-24H,3-4,14,33H2,1-2H3. The van der Waals surface area contributed by atoms with Gasteiger partial charge in [0, 0.05) is 44.5 Å². The van der Waals surface area contributed by atoms with E-state index in [0.717, 1.165) is 4.88 Å². The van der Waals surface area contributed by atoms with Crippen LogP contribution in [-0.2, 0) is 23.9 Å². The summed E-state index contributed by atoms with van der Waals surface area (Å²) in [6, 6.07) is 12.1. The zero-order valence-electron chi connectivity index (χ0n) is 22.3. The molecule has 1 aromatic carbocycles. The van der Waals surface area contributed by atoms with E-state index in [1.165, 1.54) is 11.3 Å². The lowest BCUT2D eigenvalue weighted by Crippen LogP contribution is -2.46. The highest BCUT2D eigenvalue weighted by molar-refractivity contribution is 7.10. The number of nitrogens with zero attached hydrogens (tertiary/aromatic N) is 2. The minimum Gasteiger partial charge on any atom is -0.465 e. The predicted octanol–water partition coefficient (Wildman–Crippen LogP) is 5.98. The van der Waals surface area contributed by atoms with E-state index >= 15 is 0 Å². The SMILES string of the molecule is CCOC(=O)C1=C(N)N(c2cc(Cl)cc(Cl)c2)C2=C(C(=O)C(C(=O)OCC)C(c3cccs3)C2)C1c1cccnc1. The maximum atomic E-state index is 14.6. The van der Waals surface area contributed by atoms with Gasteiger partial charge in [0.05, 0.1) is 30.4 Å². The summed E-state index contributed by atoms with van der Waals surface area (Å²) >= 11 is 14.2. The number of hydrogen-bond acceptors (Lipinski definition) is 9. The van der Waals surface area contributed by atoms with Crippen LogP contribution in [-0.4, -0.2) is 35.9 Å². The third-order valence-corrected chi connectivity index (χ3v) is 8.55. The Morgan fingerprint density at radius 2 is 1.83 bits per heavy atom. The molecule has 1 aliphatic carbocycles. The second kappa shape index (κ2) is 12.1. The summed E-state index contributed by atoms with van der Waals surface area (Å²) in [6.45, 7) is 3.59. The fraction of sp³-hybridized carbons (Fsp3) is 0.267. The number of pyridine rings is 1. The summed E-state index contributed by atoms with van der Waals surface area (Å²) < 4.78 is 10.9. The van der Waals surface area contributed by atoms with E-state index < -0.39 is 35.5 Å². The van der Waals surface area contributed by atoms with Gasteiger partial charge in [0.1, 0.15) is 11.7 Å². The molecular weight excluding hydrogens is 585 g/mol. The summed E-state index contributed by atoms with van der Waals surface area (Å²) in [4.78, 5) is 48.3. The van der Waals surface area contributed by atoms with Crippen LogP contribution in [0, 0.1) is 5.92 Å². The number of rotatable bonds is 7. The van der Waals surface area contributed by atoms with Crippen LogP contribution in [0.2, 0.25) is 10.0 Å². The second-order valence-corrected chi connectivity index (χ2v) is 11.3. The van der Waals surface area contributed by atoms with Crippen LogP contribution < -0.4 is 10.6 Å². The third kappa shape index (κ3) is 5.37. The quantitative estimate of drug-likeness (QED) is 0.256. The number of halogens is 2. The number of carbonyl (C=O) groups is 3. The van der Waals surface area contributed by atoms with Gasteiger partial charge in [-0.05, 0) is 61.5 Å². The molecule has 0 spiro atoms. The molecule has 0 amide bonds. The highest BCUT2D eigenvalue weighted by Gasteiger charge is 2.51. The minimum absolute atomic E-state index is 0.0558. The van der Waals surface area contributed by atoms with Crippen LogP contribution >= 0.6 is 34.5 Å². The van der Waals surface area contributed by atoms with E-state index in [0.29, 0.717) is 27.0 Å². The van der Waals surface area contributed by atoms with Gasteiger partial charge in [-0.25, -0.2) is 4.79 Å². The Bertz CT molecular complexity index is 1540. The number of thiophene rings is 1. The summed E-state index contributed by atoms with van der Waals surface area (Å²) in [5.41, 5.74) is 8.69. The number of benzene rings is 1. The normalized spacial score (nSPS) is 20.6. The summed E-state index contributed by atoms with van der Waals surface area (Å²) in [6.07, 6.45) is 3.42. The Hall–Kier alpha value is -3.66. The fourth-order valence-corrected chi connectivity index (χ4v) is 6.93. The lowest BCUT2D eigenvalue weighted by molar-refractivity contribution is -0.152. The molecule has 5 rings (SSSR count). The molecule has 1 aliphatic heterocycles. The molecule has 2 aromatic heterocycles. The molecule has 3 unspecified atom stereocenters. The molecule has 0 radical (unpaired) electrons. The second-order valence-electron chi connectivity index (χ2n) is 9.48. The molecule has 3 aromatic rings. The van der Waals surface area contributed by atoms with Crippen molar-refractivity contribution >= 4 is 57.9 Å². The smallest absolute Gasteiger partial charge is 0.338 e. The number of ketones is 1. The Balaban J connectivity index is 1.83. The monoisotopic (exact) mass is 611 g/mol. The minimum atomic E-state index is -1.13. The number of nitrogens with two attached hydrogens (primary N) is 1. The number of Topliss-reactive ketones (excluding diaryl/α,β-unsaturated/α-hetero) is 1. The van der Waals surface area contributed by atoms with E-state index in [1.54, 1.807) is 61.5 Å². The summed E-state index contributed by atoms with van der Waals surface area (Å²) in [5, 5.41) is 2.58. The molecule has 2 aliphatic rings. The first kappa shape index (κ1) is 28.9. The molecule has 0 saturated carbocycles. The maximum absolute atomic E-state index is 14.6. The van der Waals surface area contributed by atoms with Gasteiger partial charge in [0.15, 0.2) is 5.78 Å². The van der Waals surface area contributed by atoms with Crippen molar-refractivity contribution in [3.05, 3.63) is 103 Å². The molecule has 3 atom stereocenters. The Morgan fingerprint density at radius 1 is 1.10 bits per heavy atom. The Labute approximate surface area is 251 Å². The van der Waals surface area contributed by atoms with Gasteiger partial charge in [0.2, 0.25) is 0 Å². The first-order valence-corrected chi connectivity index (χ1v) is 14.7. The van der Waals surface area contributed by atoms with Gasteiger partial charge in [-0.15, -0.1) is 11.3 Å². The molecule has 2 N–H and O–H groups in total. The number of esters is 2. The van der Waals surface area contributed by atoms with Crippen LogP contribution in [0.3, 0.4) is 0 Å².